The van der Waals surface area contributed by atoms with E-state index in [1.54, 1.807) is 6.07 Å². The summed E-state index contributed by atoms with van der Waals surface area (Å²) < 4.78 is 0. The Labute approximate surface area is 82.7 Å². The van der Waals surface area contributed by atoms with Crippen LogP contribution >= 0.6 is 0 Å². The SMILES string of the molecule is Cc1ccccc1N/C=C(\C#N)C=O. The second kappa shape index (κ2) is 4.83. The molecule has 0 bridgehead atoms. The van der Waals surface area contributed by atoms with Crippen molar-refractivity contribution in [3.05, 3.63) is 41.6 Å². The van der Waals surface area contributed by atoms with Crippen LogP contribution in [0.5, 0.6) is 0 Å². The van der Waals surface area contributed by atoms with Crippen molar-refractivity contribution in [2.24, 2.45) is 0 Å². The first-order chi connectivity index (χ1) is 6.77. The molecular weight excluding hydrogens is 176 g/mol. The highest BCUT2D eigenvalue weighted by atomic mass is 16.1. The van der Waals surface area contributed by atoms with E-state index in [-0.39, 0.29) is 5.57 Å². The summed E-state index contributed by atoms with van der Waals surface area (Å²) in [6, 6.07) is 9.41. The van der Waals surface area contributed by atoms with Gasteiger partial charge >= 0.3 is 0 Å². The third kappa shape index (κ3) is 2.46. The van der Waals surface area contributed by atoms with Gasteiger partial charge in [0.1, 0.15) is 11.6 Å². The molecule has 0 aromatic heterocycles. The van der Waals surface area contributed by atoms with Gasteiger partial charge in [-0.1, -0.05) is 18.2 Å². The lowest BCUT2D eigenvalue weighted by atomic mass is 10.2. The summed E-state index contributed by atoms with van der Waals surface area (Å²) in [5.74, 6) is 0. The van der Waals surface area contributed by atoms with E-state index in [1.807, 2.05) is 31.2 Å². The summed E-state index contributed by atoms with van der Waals surface area (Å²) in [5, 5.41) is 11.4. The van der Waals surface area contributed by atoms with Crippen LogP contribution in [0.4, 0.5) is 5.69 Å². The third-order valence-corrected chi connectivity index (χ3v) is 1.78. The quantitative estimate of drug-likeness (QED) is 0.446. The monoisotopic (exact) mass is 186 g/mol. The Kier molecular flexibility index (Phi) is 3.45. The van der Waals surface area contributed by atoms with Gasteiger partial charge in [0.2, 0.25) is 0 Å². The van der Waals surface area contributed by atoms with Gasteiger partial charge in [-0.3, -0.25) is 4.79 Å². The van der Waals surface area contributed by atoms with Crippen LogP contribution in [0.1, 0.15) is 5.56 Å². The number of para-hydroxylation sites is 1. The van der Waals surface area contributed by atoms with Crippen LogP contribution in [0.15, 0.2) is 36.0 Å². The van der Waals surface area contributed by atoms with Gasteiger partial charge in [-0.25, -0.2) is 0 Å². The number of nitriles is 1. The fourth-order valence-electron chi connectivity index (χ4n) is 0.983. The lowest BCUT2D eigenvalue weighted by Crippen LogP contribution is -1.93. The molecule has 0 aliphatic carbocycles. The Morgan fingerprint density at radius 3 is 2.79 bits per heavy atom. The van der Waals surface area contributed by atoms with E-state index in [0.717, 1.165) is 11.3 Å². The van der Waals surface area contributed by atoms with Crippen molar-refractivity contribution in [1.29, 1.82) is 5.26 Å². The molecule has 3 nitrogen and oxygen atoms in total. The van der Waals surface area contributed by atoms with Crippen LogP contribution in [0, 0.1) is 18.3 Å². The zero-order valence-electron chi connectivity index (χ0n) is 7.82. The molecule has 0 unspecified atom stereocenters. The number of hydrogen-bond acceptors (Lipinski definition) is 3. The maximum Gasteiger partial charge on any atom is 0.162 e. The number of carbonyl (C=O) groups is 1. The Hall–Kier alpha value is -2.08. The smallest absolute Gasteiger partial charge is 0.162 e. The Bertz CT molecular complexity index is 402. The number of nitrogens with one attached hydrogen (secondary N) is 1. The molecule has 1 aromatic rings. The topological polar surface area (TPSA) is 52.9 Å². The first-order valence-corrected chi connectivity index (χ1v) is 4.15. The summed E-state index contributed by atoms with van der Waals surface area (Å²) in [5.41, 5.74) is 2.03. The maximum absolute atomic E-state index is 10.3. The van der Waals surface area contributed by atoms with E-state index in [2.05, 4.69) is 5.32 Å². The van der Waals surface area contributed by atoms with Crippen molar-refractivity contribution in [2.45, 2.75) is 6.92 Å². The molecule has 3 heteroatoms. The van der Waals surface area contributed by atoms with Crippen molar-refractivity contribution in [3.63, 3.8) is 0 Å². The lowest BCUT2D eigenvalue weighted by molar-refractivity contribution is -0.104. The highest BCUT2D eigenvalue weighted by Crippen LogP contribution is 2.12. The second-order valence-electron chi connectivity index (χ2n) is 2.79. The van der Waals surface area contributed by atoms with Gasteiger partial charge < -0.3 is 5.32 Å². The molecule has 70 valence electrons. The molecule has 1 rings (SSSR count). The molecule has 1 N–H and O–H groups in total. The molecule has 1 aromatic carbocycles. The predicted molar refractivity (Wildman–Crippen MR) is 54.6 cm³/mol. The van der Waals surface area contributed by atoms with E-state index in [1.165, 1.54) is 6.20 Å². The number of hydrogen-bond donors (Lipinski definition) is 1. The molecule has 0 saturated heterocycles. The predicted octanol–water partition coefficient (Wildman–Crippen LogP) is 2.01. The molecule has 0 fully saturated rings. The van der Waals surface area contributed by atoms with Crippen LogP contribution < -0.4 is 5.32 Å². The molecule has 0 radical (unpaired) electrons. The molecule has 0 amide bonds. The molecule has 0 atom stereocenters. The Morgan fingerprint density at radius 2 is 2.21 bits per heavy atom. The molecule has 0 heterocycles. The maximum atomic E-state index is 10.3. The average molecular weight is 186 g/mol. The molecule has 0 saturated carbocycles. The van der Waals surface area contributed by atoms with Crippen molar-refractivity contribution in [1.82, 2.24) is 0 Å². The van der Waals surface area contributed by atoms with E-state index in [9.17, 15) is 4.79 Å². The lowest BCUT2D eigenvalue weighted by Gasteiger charge is -2.03. The number of carbonyl (C=O) groups excluding carboxylic acids is 1. The normalized spacial score (nSPS) is 10.4. The Morgan fingerprint density at radius 1 is 1.50 bits per heavy atom. The molecule has 0 spiro atoms. The van der Waals surface area contributed by atoms with E-state index >= 15 is 0 Å². The summed E-state index contributed by atoms with van der Waals surface area (Å²) in [4.78, 5) is 10.3. The van der Waals surface area contributed by atoms with Gasteiger partial charge in [-0.15, -0.1) is 0 Å². The van der Waals surface area contributed by atoms with Gasteiger partial charge in [0.25, 0.3) is 0 Å². The van der Waals surface area contributed by atoms with Crippen LogP contribution in [0.2, 0.25) is 0 Å². The Balaban J connectivity index is 2.81. The molecular formula is C11H10N2O. The van der Waals surface area contributed by atoms with Crippen molar-refractivity contribution < 1.29 is 4.79 Å². The number of anilines is 1. The number of rotatable bonds is 3. The highest BCUT2D eigenvalue weighted by Gasteiger charge is 1.94. The van der Waals surface area contributed by atoms with E-state index in [4.69, 9.17) is 5.26 Å². The fraction of sp³-hybridized carbons (Fsp3) is 0.0909. The van der Waals surface area contributed by atoms with E-state index < -0.39 is 0 Å². The van der Waals surface area contributed by atoms with Crippen molar-refractivity contribution >= 4 is 12.0 Å². The minimum absolute atomic E-state index is 0.0771. The molecule has 14 heavy (non-hydrogen) atoms. The average Bonchev–Trinajstić information content (AvgIpc) is 2.22. The van der Waals surface area contributed by atoms with Crippen molar-refractivity contribution in [3.8, 4) is 6.07 Å². The zero-order valence-corrected chi connectivity index (χ0v) is 7.82. The zero-order chi connectivity index (χ0) is 10.4. The standard InChI is InChI=1S/C11H10N2O/c1-9-4-2-3-5-11(9)13-7-10(6-12)8-14/h2-5,7-8,13H,1H3/b10-7+. The largest absolute Gasteiger partial charge is 0.360 e. The van der Waals surface area contributed by atoms with Crippen molar-refractivity contribution in [2.75, 3.05) is 5.32 Å². The van der Waals surface area contributed by atoms with E-state index in [0.29, 0.717) is 6.29 Å². The summed E-state index contributed by atoms with van der Waals surface area (Å²) in [6.07, 6.45) is 1.92. The fourth-order valence-corrected chi connectivity index (χ4v) is 0.983. The van der Waals surface area contributed by atoms with Gasteiger partial charge in [0.15, 0.2) is 6.29 Å². The first-order valence-electron chi connectivity index (χ1n) is 4.15. The van der Waals surface area contributed by atoms with Crippen LogP contribution in [-0.2, 0) is 4.79 Å². The summed E-state index contributed by atoms with van der Waals surface area (Å²) in [7, 11) is 0. The minimum atomic E-state index is 0.0771. The number of nitrogens with zero attached hydrogens (tertiary/aromatic N) is 1. The van der Waals surface area contributed by atoms with Crippen LogP contribution in [0.25, 0.3) is 0 Å². The van der Waals surface area contributed by atoms with Gasteiger partial charge in [-0.05, 0) is 18.6 Å². The number of aldehydes is 1. The minimum Gasteiger partial charge on any atom is -0.360 e. The number of allylic oxidation sites excluding steroid dienone is 1. The van der Waals surface area contributed by atoms with Gasteiger partial charge in [-0.2, -0.15) is 5.26 Å². The van der Waals surface area contributed by atoms with Crippen LogP contribution in [0.3, 0.4) is 0 Å². The third-order valence-electron chi connectivity index (χ3n) is 1.78. The molecule has 0 aliphatic rings. The van der Waals surface area contributed by atoms with Gasteiger partial charge in [0.05, 0.1) is 0 Å². The van der Waals surface area contributed by atoms with Gasteiger partial charge in [0, 0.05) is 11.9 Å². The molecule has 0 aliphatic heterocycles. The highest BCUT2D eigenvalue weighted by molar-refractivity contribution is 5.79. The number of aryl methyl sites for hydroxylation is 1. The number of benzene rings is 1. The summed E-state index contributed by atoms with van der Waals surface area (Å²) in [6.45, 7) is 1.95. The summed E-state index contributed by atoms with van der Waals surface area (Å²) >= 11 is 0. The first kappa shape index (κ1) is 10.0. The second-order valence-corrected chi connectivity index (χ2v) is 2.79. The van der Waals surface area contributed by atoms with Crippen LogP contribution in [-0.4, -0.2) is 6.29 Å².